The number of carbonyl (C=O) groups excluding carboxylic acids is 1. The number of hydrogen-bond acceptors (Lipinski definition) is 3. The molecule has 98 valence electrons. The van der Waals surface area contributed by atoms with Crippen LogP contribution in [0.4, 0.5) is 4.39 Å². The Morgan fingerprint density at radius 2 is 1.95 bits per heavy atom. The first kappa shape index (κ1) is 13.7. The second-order valence-corrected chi connectivity index (χ2v) is 5.17. The summed E-state index contributed by atoms with van der Waals surface area (Å²) < 4.78 is 12.7. The monoisotopic (exact) mass is 275 g/mol. The third-order valence-electron chi connectivity index (χ3n) is 2.60. The molecule has 0 N–H and O–H groups in total. The molecule has 0 fully saturated rings. The molecule has 0 saturated heterocycles. The molecule has 2 aromatic rings. The molecule has 1 heterocycles. The van der Waals surface area contributed by atoms with E-state index >= 15 is 0 Å². The molecule has 0 spiro atoms. The summed E-state index contributed by atoms with van der Waals surface area (Å²) in [6, 6.07) is 11.5. The van der Waals surface area contributed by atoms with Crippen molar-refractivity contribution in [2.75, 3.05) is 5.75 Å². The number of nitrogens with zero attached hydrogens (tertiary/aromatic N) is 1. The lowest BCUT2D eigenvalue weighted by atomic mass is 10.1. The van der Waals surface area contributed by atoms with Crippen molar-refractivity contribution in [1.29, 1.82) is 0 Å². The van der Waals surface area contributed by atoms with Crippen LogP contribution in [0.5, 0.6) is 0 Å². The number of halogens is 1. The predicted molar refractivity (Wildman–Crippen MR) is 74.9 cm³/mol. The van der Waals surface area contributed by atoms with Crippen LogP contribution in [0.3, 0.4) is 0 Å². The van der Waals surface area contributed by atoms with E-state index in [1.807, 2.05) is 18.2 Å². The topological polar surface area (TPSA) is 30.0 Å². The van der Waals surface area contributed by atoms with Gasteiger partial charge in [-0.1, -0.05) is 6.07 Å². The summed E-state index contributed by atoms with van der Waals surface area (Å²) in [5, 5.41) is 0.969. The van der Waals surface area contributed by atoms with Crippen LogP contribution >= 0.6 is 11.8 Å². The number of hydrogen-bond donors (Lipinski definition) is 0. The second kappa shape index (κ2) is 7.04. The molecule has 0 aliphatic heterocycles. The number of benzene rings is 1. The molecule has 0 radical (unpaired) electrons. The van der Waals surface area contributed by atoms with E-state index in [2.05, 4.69) is 4.98 Å². The summed E-state index contributed by atoms with van der Waals surface area (Å²) in [7, 11) is 0. The Morgan fingerprint density at radius 1 is 1.16 bits per heavy atom. The Balaban J connectivity index is 1.74. The van der Waals surface area contributed by atoms with Gasteiger partial charge in [0, 0.05) is 18.2 Å². The summed E-state index contributed by atoms with van der Waals surface area (Å²) in [6.07, 6.45) is 3.02. The van der Waals surface area contributed by atoms with E-state index in [-0.39, 0.29) is 11.6 Å². The molecule has 0 bridgehead atoms. The Labute approximate surface area is 116 Å². The molecular weight excluding hydrogens is 261 g/mol. The van der Waals surface area contributed by atoms with Crippen LogP contribution in [0.1, 0.15) is 23.2 Å². The van der Waals surface area contributed by atoms with Crippen molar-refractivity contribution < 1.29 is 9.18 Å². The molecular formula is C15H14FNOS. The Morgan fingerprint density at radius 3 is 2.63 bits per heavy atom. The van der Waals surface area contributed by atoms with Crippen LogP contribution in [-0.2, 0) is 0 Å². The van der Waals surface area contributed by atoms with Gasteiger partial charge in [-0.05, 0) is 48.6 Å². The van der Waals surface area contributed by atoms with Crippen LogP contribution in [0, 0.1) is 5.82 Å². The normalized spacial score (nSPS) is 10.4. The summed E-state index contributed by atoms with van der Waals surface area (Å²) in [4.78, 5) is 16.0. The molecule has 4 heteroatoms. The average Bonchev–Trinajstić information content (AvgIpc) is 2.45. The highest BCUT2D eigenvalue weighted by molar-refractivity contribution is 7.99. The van der Waals surface area contributed by atoms with Gasteiger partial charge in [0.05, 0.1) is 5.03 Å². The van der Waals surface area contributed by atoms with Crippen LogP contribution in [0.25, 0.3) is 0 Å². The fourth-order valence-electron chi connectivity index (χ4n) is 1.62. The number of rotatable bonds is 6. The van der Waals surface area contributed by atoms with Gasteiger partial charge in [0.25, 0.3) is 0 Å². The smallest absolute Gasteiger partial charge is 0.162 e. The molecule has 1 aromatic carbocycles. The van der Waals surface area contributed by atoms with Crippen molar-refractivity contribution in [1.82, 2.24) is 4.98 Å². The lowest BCUT2D eigenvalue weighted by molar-refractivity contribution is 0.0982. The van der Waals surface area contributed by atoms with Gasteiger partial charge in [0.15, 0.2) is 5.78 Å². The maximum absolute atomic E-state index is 12.7. The Hall–Kier alpha value is -1.68. The van der Waals surface area contributed by atoms with Gasteiger partial charge in [-0.2, -0.15) is 0 Å². The van der Waals surface area contributed by atoms with E-state index < -0.39 is 0 Å². The van der Waals surface area contributed by atoms with Gasteiger partial charge in [0.2, 0.25) is 0 Å². The van der Waals surface area contributed by atoms with Crippen molar-refractivity contribution in [3.63, 3.8) is 0 Å². The Bertz CT molecular complexity index is 528. The lowest BCUT2D eigenvalue weighted by Crippen LogP contribution is -1.99. The Kier molecular flexibility index (Phi) is 5.10. The van der Waals surface area contributed by atoms with Gasteiger partial charge in [-0.3, -0.25) is 4.79 Å². The highest BCUT2D eigenvalue weighted by Gasteiger charge is 2.05. The van der Waals surface area contributed by atoms with E-state index in [9.17, 15) is 9.18 Å². The molecule has 2 rings (SSSR count). The zero-order valence-electron chi connectivity index (χ0n) is 10.4. The van der Waals surface area contributed by atoms with E-state index in [0.29, 0.717) is 12.0 Å². The molecule has 0 aliphatic carbocycles. The highest BCUT2D eigenvalue weighted by atomic mass is 32.2. The van der Waals surface area contributed by atoms with Crippen molar-refractivity contribution in [2.45, 2.75) is 17.9 Å². The molecule has 1 aromatic heterocycles. The zero-order chi connectivity index (χ0) is 13.5. The minimum Gasteiger partial charge on any atom is -0.294 e. The maximum atomic E-state index is 12.7. The first-order valence-electron chi connectivity index (χ1n) is 6.08. The third kappa shape index (κ3) is 4.48. The molecule has 0 atom stereocenters. The van der Waals surface area contributed by atoms with Gasteiger partial charge >= 0.3 is 0 Å². The summed E-state index contributed by atoms with van der Waals surface area (Å²) >= 11 is 1.64. The number of pyridine rings is 1. The first-order valence-corrected chi connectivity index (χ1v) is 7.07. The number of Topliss-reactive ketones (excluding diaryl/α,β-unsaturated/α-hetero) is 1. The minimum atomic E-state index is -0.317. The van der Waals surface area contributed by atoms with Crippen LogP contribution in [0.2, 0.25) is 0 Å². The van der Waals surface area contributed by atoms with Crippen molar-refractivity contribution in [2.24, 2.45) is 0 Å². The van der Waals surface area contributed by atoms with Gasteiger partial charge in [-0.25, -0.2) is 9.37 Å². The lowest BCUT2D eigenvalue weighted by Gasteiger charge is -2.01. The van der Waals surface area contributed by atoms with Crippen LogP contribution in [-0.4, -0.2) is 16.5 Å². The standard InChI is InChI=1S/C15H14FNOS/c16-13-8-6-12(7-9-13)14(18)4-3-11-19-15-5-1-2-10-17-15/h1-2,5-10H,3-4,11H2. The number of aromatic nitrogens is 1. The average molecular weight is 275 g/mol. The molecule has 2 nitrogen and oxygen atoms in total. The van der Waals surface area contributed by atoms with Crippen LogP contribution < -0.4 is 0 Å². The first-order chi connectivity index (χ1) is 9.25. The van der Waals surface area contributed by atoms with E-state index in [0.717, 1.165) is 17.2 Å². The fourth-order valence-corrected chi connectivity index (χ4v) is 2.43. The fraction of sp³-hybridized carbons (Fsp3) is 0.200. The second-order valence-electron chi connectivity index (χ2n) is 4.05. The van der Waals surface area contributed by atoms with E-state index in [4.69, 9.17) is 0 Å². The predicted octanol–water partition coefficient (Wildman–Crippen LogP) is 3.98. The molecule has 0 saturated carbocycles. The largest absolute Gasteiger partial charge is 0.294 e. The van der Waals surface area contributed by atoms with Crippen molar-refractivity contribution >= 4 is 17.5 Å². The quantitative estimate of drug-likeness (QED) is 0.454. The minimum absolute atomic E-state index is 0.0571. The molecule has 19 heavy (non-hydrogen) atoms. The number of thioether (sulfide) groups is 1. The highest BCUT2D eigenvalue weighted by Crippen LogP contribution is 2.16. The maximum Gasteiger partial charge on any atom is 0.162 e. The number of carbonyl (C=O) groups is 1. The summed E-state index contributed by atoms with van der Waals surface area (Å²) in [5.41, 5.74) is 0.573. The van der Waals surface area contributed by atoms with Crippen molar-refractivity contribution in [3.05, 3.63) is 60.0 Å². The van der Waals surface area contributed by atoms with E-state index in [1.165, 1.54) is 24.3 Å². The SMILES string of the molecule is O=C(CCCSc1ccccn1)c1ccc(F)cc1. The molecule has 0 amide bonds. The van der Waals surface area contributed by atoms with E-state index in [1.54, 1.807) is 18.0 Å². The summed E-state index contributed by atoms with van der Waals surface area (Å²) in [5.74, 6) is 0.591. The van der Waals surface area contributed by atoms with Gasteiger partial charge < -0.3 is 0 Å². The number of ketones is 1. The summed E-state index contributed by atoms with van der Waals surface area (Å²) in [6.45, 7) is 0. The van der Waals surface area contributed by atoms with Crippen molar-refractivity contribution in [3.8, 4) is 0 Å². The zero-order valence-corrected chi connectivity index (χ0v) is 11.2. The molecule has 0 unspecified atom stereocenters. The van der Waals surface area contributed by atoms with Gasteiger partial charge in [0.1, 0.15) is 5.82 Å². The third-order valence-corrected chi connectivity index (χ3v) is 3.63. The van der Waals surface area contributed by atoms with Gasteiger partial charge in [-0.15, -0.1) is 11.8 Å². The molecule has 0 aliphatic rings. The van der Waals surface area contributed by atoms with Crippen LogP contribution in [0.15, 0.2) is 53.7 Å².